The van der Waals surface area contributed by atoms with Crippen molar-refractivity contribution >= 4 is 5.95 Å². The fraction of sp³-hybridized carbons (Fsp3) is 0.467. The van der Waals surface area contributed by atoms with Gasteiger partial charge in [-0.05, 0) is 43.0 Å². The van der Waals surface area contributed by atoms with Gasteiger partial charge in [-0.3, -0.25) is 0 Å². The highest BCUT2D eigenvalue weighted by molar-refractivity contribution is 5.38. The lowest BCUT2D eigenvalue weighted by molar-refractivity contribution is -0.274. The minimum Gasteiger partial charge on any atom is -0.406 e. The number of hydrogen-bond donors (Lipinski definition) is 1. The number of aliphatic hydroxyl groups excluding tert-OH is 1. The van der Waals surface area contributed by atoms with Crippen molar-refractivity contribution in [1.82, 2.24) is 14.8 Å². The van der Waals surface area contributed by atoms with Crippen molar-refractivity contribution in [2.24, 2.45) is 5.92 Å². The number of hydrogen-bond acceptors (Lipinski definition) is 5. The van der Waals surface area contributed by atoms with Crippen molar-refractivity contribution < 1.29 is 23.0 Å². The van der Waals surface area contributed by atoms with Crippen LogP contribution in [0.5, 0.6) is 5.75 Å². The second kappa shape index (κ2) is 6.68. The first-order valence-electron chi connectivity index (χ1n) is 7.58. The molecule has 9 heteroatoms. The van der Waals surface area contributed by atoms with E-state index in [1.807, 2.05) is 4.90 Å². The molecule has 1 aromatic carbocycles. The predicted molar refractivity (Wildman–Crippen MR) is 80.1 cm³/mol. The second-order valence-corrected chi connectivity index (χ2v) is 5.64. The molecule has 0 saturated carbocycles. The van der Waals surface area contributed by atoms with E-state index in [0.717, 1.165) is 25.9 Å². The molecule has 2 heterocycles. The lowest BCUT2D eigenvalue weighted by Gasteiger charge is -2.30. The van der Waals surface area contributed by atoms with Gasteiger partial charge in [0.15, 0.2) is 0 Å². The number of piperidine rings is 1. The Labute approximate surface area is 136 Å². The van der Waals surface area contributed by atoms with Crippen molar-refractivity contribution in [3.63, 3.8) is 0 Å². The maximum Gasteiger partial charge on any atom is 0.573 e. The topological polar surface area (TPSA) is 63.4 Å². The zero-order chi connectivity index (χ0) is 17.2. The Hall–Kier alpha value is -2.29. The predicted octanol–water partition coefficient (Wildman–Crippen LogP) is 2.37. The van der Waals surface area contributed by atoms with Gasteiger partial charge in [-0.15, -0.1) is 18.3 Å². The van der Waals surface area contributed by atoms with E-state index in [1.54, 1.807) is 0 Å². The van der Waals surface area contributed by atoms with Crippen LogP contribution in [-0.2, 0) is 0 Å². The van der Waals surface area contributed by atoms with E-state index in [0.29, 0.717) is 17.6 Å². The Bertz CT molecular complexity index is 664. The third-order valence-corrected chi connectivity index (χ3v) is 3.97. The quantitative estimate of drug-likeness (QED) is 0.924. The number of rotatable bonds is 4. The SMILES string of the molecule is OCC1CCN(c2ncn(-c3ccc(OC(F)(F)F)cc3)n2)CC1. The van der Waals surface area contributed by atoms with Crippen LogP contribution >= 0.6 is 0 Å². The number of benzene rings is 1. The summed E-state index contributed by atoms with van der Waals surface area (Å²) in [4.78, 5) is 6.28. The molecule has 0 atom stereocenters. The average Bonchev–Trinajstić information content (AvgIpc) is 3.04. The van der Waals surface area contributed by atoms with Gasteiger partial charge in [-0.2, -0.15) is 4.98 Å². The van der Waals surface area contributed by atoms with Gasteiger partial charge in [0.1, 0.15) is 12.1 Å². The van der Waals surface area contributed by atoms with Gasteiger partial charge >= 0.3 is 6.36 Å². The van der Waals surface area contributed by atoms with Gasteiger partial charge in [0.25, 0.3) is 0 Å². The normalized spacial score (nSPS) is 16.4. The Morgan fingerprint density at radius 3 is 2.42 bits per heavy atom. The minimum atomic E-state index is -4.71. The molecule has 3 rings (SSSR count). The number of alkyl halides is 3. The third kappa shape index (κ3) is 3.97. The Morgan fingerprint density at radius 1 is 1.17 bits per heavy atom. The highest BCUT2D eigenvalue weighted by Gasteiger charge is 2.31. The molecule has 0 spiro atoms. The van der Waals surface area contributed by atoms with Gasteiger partial charge in [0.2, 0.25) is 5.95 Å². The molecule has 0 amide bonds. The summed E-state index contributed by atoms with van der Waals surface area (Å²) in [5.41, 5.74) is 0.591. The fourth-order valence-corrected chi connectivity index (χ4v) is 2.64. The van der Waals surface area contributed by atoms with E-state index in [2.05, 4.69) is 14.8 Å². The third-order valence-electron chi connectivity index (χ3n) is 3.97. The molecule has 2 aromatic rings. The molecule has 1 aliphatic heterocycles. The van der Waals surface area contributed by atoms with E-state index >= 15 is 0 Å². The second-order valence-electron chi connectivity index (χ2n) is 5.64. The first-order chi connectivity index (χ1) is 11.4. The van der Waals surface area contributed by atoms with Crippen LogP contribution in [0.2, 0.25) is 0 Å². The number of aliphatic hydroxyl groups is 1. The standard InChI is InChI=1S/C15H17F3N4O2/c16-15(17,18)24-13-3-1-12(2-4-13)22-10-19-14(20-22)21-7-5-11(9-23)6-8-21/h1-4,10-11,23H,5-9H2. The van der Waals surface area contributed by atoms with Crippen molar-refractivity contribution in [2.45, 2.75) is 19.2 Å². The minimum absolute atomic E-state index is 0.196. The van der Waals surface area contributed by atoms with Gasteiger partial charge in [-0.1, -0.05) is 0 Å². The van der Waals surface area contributed by atoms with Gasteiger partial charge < -0.3 is 14.7 Å². The lowest BCUT2D eigenvalue weighted by Crippen LogP contribution is -2.35. The van der Waals surface area contributed by atoms with Crippen LogP contribution in [0.3, 0.4) is 0 Å². The van der Waals surface area contributed by atoms with Crippen LogP contribution in [0.25, 0.3) is 5.69 Å². The summed E-state index contributed by atoms with van der Waals surface area (Å²) in [6, 6.07) is 5.43. The molecule has 1 fully saturated rings. The Kier molecular flexibility index (Phi) is 4.61. The molecule has 6 nitrogen and oxygen atoms in total. The number of ether oxygens (including phenoxy) is 1. The zero-order valence-electron chi connectivity index (χ0n) is 12.8. The fourth-order valence-electron chi connectivity index (χ4n) is 2.64. The number of halogens is 3. The van der Waals surface area contributed by atoms with E-state index in [9.17, 15) is 13.2 Å². The van der Waals surface area contributed by atoms with Crippen molar-refractivity contribution in [3.8, 4) is 11.4 Å². The molecule has 0 aliphatic carbocycles. The van der Waals surface area contributed by atoms with Gasteiger partial charge in [0, 0.05) is 19.7 Å². The first-order valence-corrected chi connectivity index (χ1v) is 7.58. The average molecular weight is 342 g/mol. The van der Waals surface area contributed by atoms with Crippen LogP contribution < -0.4 is 9.64 Å². The van der Waals surface area contributed by atoms with Crippen LogP contribution in [0.15, 0.2) is 30.6 Å². The van der Waals surface area contributed by atoms with Crippen LogP contribution in [0.4, 0.5) is 19.1 Å². The molecular formula is C15H17F3N4O2. The lowest BCUT2D eigenvalue weighted by atomic mass is 9.98. The monoisotopic (exact) mass is 342 g/mol. The van der Waals surface area contributed by atoms with E-state index in [4.69, 9.17) is 5.11 Å². The largest absolute Gasteiger partial charge is 0.573 e. The van der Waals surface area contributed by atoms with Gasteiger partial charge in [0.05, 0.1) is 5.69 Å². The molecule has 0 unspecified atom stereocenters. The smallest absolute Gasteiger partial charge is 0.406 e. The van der Waals surface area contributed by atoms with Gasteiger partial charge in [-0.25, -0.2) is 4.68 Å². The zero-order valence-corrected chi connectivity index (χ0v) is 12.8. The van der Waals surface area contributed by atoms with E-state index in [-0.39, 0.29) is 12.4 Å². The van der Waals surface area contributed by atoms with E-state index in [1.165, 1.54) is 35.3 Å². The summed E-state index contributed by atoms with van der Waals surface area (Å²) in [5.74, 6) is 0.615. The maximum atomic E-state index is 12.2. The number of nitrogens with zero attached hydrogens (tertiary/aromatic N) is 4. The van der Waals surface area contributed by atoms with Crippen LogP contribution in [0, 0.1) is 5.92 Å². The Morgan fingerprint density at radius 2 is 1.83 bits per heavy atom. The highest BCUT2D eigenvalue weighted by atomic mass is 19.4. The van der Waals surface area contributed by atoms with Crippen molar-refractivity contribution in [3.05, 3.63) is 30.6 Å². The van der Waals surface area contributed by atoms with Crippen molar-refractivity contribution in [1.29, 1.82) is 0 Å². The molecule has 0 radical (unpaired) electrons. The molecular weight excluding hydrogens is 325 g/mol. The summed E-state index contributed by atoms with van der Waals surface area (Å²) in [5, 5.41) is 13.5. The Balaban J connectivity index is 1.67. The molecule has 24 heavy (non-hydrogen) atoms. The highest BCUT2D eigenvalue weighted by Crippen LogP contribution is 2.24. The summed E-state index contributed by atoms with van der Waals surface area (Å²) >= 11 is 0. The molecule has 1 aromatic heterocycles. The number of aromatic nitrogens is 3. The summed E-state index contributed by atoms with van der Waals surface area (Å²) in [7, 11) is 0. The first kappa shape index (κ1) is 16.6. The van der Waals surface area contributed by atoms with E-state index < -0.39 is 6.36 Å². The summed E-state index contributed by atoms with van der Waals surface area (Å²) in [6.45, 7) is 1.74. The molecule has 1 saturated heterocycles. The number of anilines is 1. The molecule has 1 N–H and O–H groups in total. The molecule has 130 valence electrons. The summed E-state index contributed by atoms with van der Waals surface area (Å²) in [6.07, 6.45) is -1.42. The van der Waals surface area contributed by atoms with Crippen LogP contribution in [0.1, 0.15) is 12.8 Å². The molecule has 0 bridgehead atoms. The maximum absolute atomic E-state index is 12.2. The van der Waals surface area contributed by atoms with Crippen molar-refractivity contribution in [2.75, 3.05) is 24.6 Å². The summed E-state index contributed by atoms with van der Waals surface area (Å²) < 4.78 is 41.8. The molecule has 1 aliphatic rings. The van der Waals surface area contributed by atoms with Crippen LogP contribution in [-0.4, -0.2) is 45.9 Å².